The van der Waals surface area contributed by atoms with E-state index in [1.807, 2.05) is 4.90 Å². The summed E-state index contributed by atoms with van der Waals surface area (Å²) in [4.78, 5) is 15.0. The van der Waals surface area contributed by atoms with Gasteiger partial charge in [-0.05, 0) is 43.0 Å². The van der Waals surface area contributed by atoms with Crippen LogP contribution in [0.1, 0.15) is 48.3 Å². The Bertz CT molecular complexity index is 946. The minimum Gasteiger partial charge on any atom is -0.337 e. The first-order chi connectivity index (χ1) is 13.7. The average Bonchev–Trinajstić information content (AvgIpc) is 3.38. The summed E-state index contributed by atoms with van der Waals surface area (Å²) >= 11 is 0. The fourth-order valence-corrected chi connectivity index (χ4v) is 3.93. The number of piperidine rings is 1. The number of amides is 1. The van der Waals surface area contributed by atoms with Crippen LogP contribution in [0, 0.1) is 5.82 Å². The van der Waals surface area contributed by atoms with Crippen LogP contribution in [0.25, 0.3) is 11.1 Å². The lowest BCUT2D eigenvalue weighted by atomic mass is 9.90. The maximum absolute atomic E-state index is 13.3. The topological polar surface area (TPSA) is 66.8 Å². The first-order valence-corrected chi connectivity index (χ1v) is 9.77. The summed E-state index contributed by atoms with van der Waals surface area (Å²) in [5.41, 5.74) is 3.54. The van der Waals surface area contributed by atoms with Gasteiger partial charge in [0.05, 0.1) is 6.20 Å². The minimum absolute atomic E-state index is 0.0264. The van der Waals surface area contributed by atoms with Crippen molar-refractivity contribution in [3.8, 4) is 11.1 Å². The van der Waals surface area contributed by atoms with Crippen LogP contribution in [0.2, 0.25) is 0 Å². The highest BCUT2D eigenvalue weighted by Crippen LogP contribution is 2.33. The average molecular weight is 381 g/mol. The van der Waals surface area contributed by atoms with Crippen molar-refractivity contribution in [2.24, 2.45) is 0 Å². The second-order valence-corrected chi connectivity index (χ2v) is 7.23. The van der Waals surface area contributed by atoms with Crippen molar-refractivity contribution in [1.82, 2.24) is 24.9 Å². The Morgan fingerprint density at radius 3 is 2.89 bits per heavy atom. The maximum Gasteiger partial charge on any atom is 0.272 e. The maximum atomic E-state index is 13.3. The highest BCUT2D eigenvalue weighted by Gasteiger charge is 2.29. The van der Waals surface area contributed by atoms with Crippen LogP contribution < -0.4 is 0 Å². The van der Waals surface area contributed by atoms with E-state index < -0.39 is 0 Å². The van der Waals surface area contributed by atoms with Gasteiger partial charge in [-0.2, -0.15) is 10.2 Å². The van der Waals surface area contributed by atoms with Gasteiger partial charge in [0.25, 0.3) is 5.91 Å². The third-order valence-electron chi connectivity index (χ3n) is 5.31. The summed E-state index contributed by atoms with van der Waals surface area (Å²) in [6.45, 7) is 4.18. The molecular formula is C21H24FN5O. The molecule has 0 bridgehead atoms. The number of aromatic nitrogens is 4. The molecule has 1 atom stereocenters. The SMILES string of the molecule is CCCn1nccc1C(=O)N1CCC[C@H](c2[nH]ncc2-c2ccc(F)cc2)C1. The number of nitrogens with one attached hydrogen (secondary N) is 1. The quantitative estimate of drug-likeness (QED) is 0.730. The molecule has 1 fully saturated rings. The number of halogens is 1. The van der Waals surface area contributed by atoms with Gasteiger partial charge in [-0.15, -0.1) is 0 Å². The molecule has 1 saturated heterocycles. The van der Waals surface area contributed by atoms with E-state index in [2.05, 4.69) is 22.2 Å². The molecule has 0 spiro atoms. The minimum atomic E-state index is -0.257. The van der Waals surface area contributed by atoms with Gasteiger partial charge in [0.2, 0.25) is 0 Å². The number of carbonyl (C=O) groups is 1. The van der Waals surface area contributed by atoms with Crippen LogP contribution in [0.5, 0.6) is 0 Å². The van der Waals surface area contributed by atoms with Crippen LogP contribution in [0.15, 0.2) is 42.7 Å². The van der Waals surface area contributed by atoms with Gasteiger partial charge in [-0.25, -0.2) is 4.39 Å². The van der Waals surface area contributed by atoms with Gasteiger partial charge in [0, 0.05) is 43.0 Å². The summed E-state index contributed by atoms with van der Waals surface area (Å²) < 4.78 is 15.1. The van der Waals surface area contributed by atoms with Crippen LogP contribution in [0.3, 0.4) is 0 Å². The molecule has 1 aliphatic heterocycles. The third kappa shape index (κ3) is 3.56. The zero-order valence-corrected chi connectivity index (χ0v) is 15.9. The fourth-order valence-electron chi connectivity index (χ4n) is 3.93. The van der Waals surface area contributed by atoms with E-state index in [9.17, 15) is 9.18 Å². The van der Waals surface area contributed by atoms with Crippen molar-refractivity contribution >= 4 is 5.91 Å². The van der Waals surface area contributed by atoms with Crippen molar-refractivity contribution in [2.75, 3.05) is 13.1 Å². The van der Waals surface area contributed by atoms with Gasteiger partial charge in [-0.3, -0.25) is 14.6 Å². The molecule has 0 aliphatic carbocycles. The second-order valence-electron chi connectivity index (χ2n) is 7.23. The molecule has 1 amide bonds. The molecule has 3 aromatic rings. The standard InChI is InChI=1S/C21H24FN5O/c1-2-11-27-19(9-10-24-27)21(28)26-12-3-4-16(14-26)20-18(13-23-25-20)15-5-7-17(22)8-6-15/h5-10,13,16H,2-4,11-12,14H2,1H3,(H,23,25)/t16-/m0/s1. The van der Waals surface area contributed by atoms with E-state index in [4.69, 9.17) is 0 Å². The van der Waals surface area contributed by atoms with Crippen LogP contribution in [-0.2, 0) is 6.54 Å². The van der Waals surface area contributed by atoms with Crippen LogP contribution in [-0.4, -0.2) is 43.9 Å². The molecular weight excluding hydrogens is 357 g/mol. The van der Waals surface area contributed by atoms with E-state index in [1.54, 1.807) is 35.3 Å². The number of aryl methyl sites for hydroxylation is 1. The van der Waals surface area contributed by atoms with Gasteiger partial charge in [0.1, 0.15) is 11.5 Å². The molecule has 1 N–H and O–H groups in total. The Balaban J connectivity index is 1.55. The van der Waals surface area contributed by atoms with E-state index in [0.29, 0.717) is 12.2 Å². The fraction of sp³-hybridized carbons (Fsp3) is 0.381. The molecule has 0 saturated carbocycles. The monoisotopic (exact) mass is 381 g/mol. The molecule has 2 aromatic heterocycles. The van der Waals surface area contributed by atoms with Crippen molar-refractivity contribution in [2.45, 2.75) is 38.6 Å². The van der Waals surface area contributed by atoms with E-state index >= 15 is 0 Å². The summed E-state index contributed by atoms with van der Waals surface area (Å²) in [7, 11) is 0. The van der Waals surface area contributed by atoms with Crippen molar-refractivity contribution in [1.29, 1.82) is 0 Å². The van der Waals surface area contributed by atoms with Crippen molar-refractivity contribution < 1.29 is 9.18 Å². The van der Waals surface area contributed by atoms with Gasteiger partial charge in [0.15, 0.2) is 0 Å². The largest absolute Gasteiger partial charge is 0.337 e. The summed E-state index contributed by atoms with van der Waals surface area (Å²) in [6.07, 6.45) is 6.31. The Morgan fingerprint density at radius 1 is 1.29 bits per heavy atom. The lowest BCUT2D eigenvalue weighted by Crippen LogP contribution is -2.40. The highest BCUT2D eigenvalue weighted by molar-refractivity contribution is 5.92. The highest BCUT2D eigenvalue weighted by atomic mass is 19.1. The first-order valence-electron chi connectivity index (χ1n) is 9.77. The number of H-pyrrole nitrogens is 1. The molecule has 6 nitrogen and oxygen atoms in total. The molecule has 1 aromatic carbocycles. The summed E-state index contributed by atoms with van der Waals surface area (Å²) in [5, 5.41) is 11.6. The number of nitrogens with zero attached hydrogens (tertiary/aromatic N) is 4. The predicted molar refractivity (Wildman–Crippen MR) is 104 cm³/mol. The van der Waals surface area contributed by atoms with Crippen LogP contribution >= 0.6 is 0 Å². The van der Waals surface area contributed by atoms with Crippen molar-refractivity contribution in [3.05, 3.63) is 59.9 Å². The van der Waals surface area contributed by atoms with Crippen LogP contribution in [0.4, 0.5) is 4.39 Å². The Kier molecular flexibility index (Phi) is 5.23. The Labute approximate surface area is 163 Å². The zero-order chi connectivity index (χ0) is 19.5. The Hall–Kier alpha value is -2.96. The normalized spacial score (nSPS) is 17.1. The molecule has 3 heterocycles. The summed E-state index contributed by atoms with van der Waals surface area (Å²) in [5.74, 6) is -0.0618. The van der Waals surface area contributed by atoms with E-state index in [1.165, 1.54) is 12.1 Å². The number of benzene rings is 1. The molecule has 0 radical (unpaired) electrons. The van der Waals surface area contributed by atoms with Gasteiger partial charge >= 0.3 is 0 Å². The molecule has 1 aliphatic rings. The lowest BCUT2D eigenvalue weighted by Gasteiger charge is -2.32. The molecule has 4 rings (SSSR count). The smallest absolute Gasteiger partial charge is 0.272 e. The molecule has 0 unspecified atom stereocenters. The number of likely N-dealkylation sites (tertiary alicyclic amines) is 1. The Morgan fingerprint density at radius 2 is 2.11 bits per heavy atom. The van der Waals surface area contributed by atoms with E-state index in [-0.39, 0.29) is 17.6 Å². The third-order valence-corrected chi connectivity index (χ3v) is 5.31. The number of hydrogen-bond donors (Lipinski definition) is 1. The lowest BCUT2D eigenvalue weighted by molar-refractivity contribution is 0.0693. The number of rotatable bonds is 5. The number of aromatic amines is 1. The summed E-state index contributed by atoms with van der Waals surface area (Å²) in [6, 6.07) is 8.23. The zero-order valence-electron chi connectivity index (χ0n) is 15.9. The van der Waals surface area contributed by atoms with Gasteiger partial charge < -0.3 is 4.90 Å². The molecule has 28 heavy (non-hydrogen) atoms. The predicted octanol–water partition coefficient (Wildman–Crippen LogP) is 3.84. The molecule has 7 heteroatoms. The van der Waals surface area contributed by atoms with E-state index in [0.717, 1.165) is 49.2 Å². The molecule has 146 valence electrons. The van der Waals surface area contributed by atoms with Gasteiger partial charge in [-0.1, -0.05) is 19.1 Å². The first kappa shape index (κ1) is 18.4. The second kappa shape index (κ2) is 7.96. The van der Waals surface area contributed by atoms with Crippen molar-refractivity contribution in [3.63, 3.8) is 0 Å². The number of carbonyl (C=O) groups excluding carboxylic acids is 1. The number of hydrogen-bond acceptors (Lipinski definition) is 3.